The minimum atomic E-state index is -3.08. The van der Waals surface area contributed by atoms with Gasteiger partial charge in [0.1, 0.15) is 5.82 Å². The molecule has 0 radical (unpaired) electrons. The van der Waals surface area contributed by atoms with Gasteiger partial charge in [-0.3, -0.25) is 9.05 Å². The van der Waals surface area contributed by atoms with E-state index in [-0.39, 0.29) is 16.7 Å². The largest absolute Gasteiger partial charge is 0.406 e. The second-order valence-corrected chi connectivity index (χ2v) is 12.3. The number of rotatable bonds is 7. The van der Waals surface area contributed by atoms with Gasteiger partial charge in [0.25, 0.3) is 0 Å². The summed E-state index contributed by atoms with van der Waals surface area (Å²) in [5.74, 6) is 1.32. The van der Waals surface area contributed by atoms with E-state index in [0.717, 1.165) is 11.5 Å². The summed E-state index contributed by atoms with van der Waals surface area (Å²) in [4.78, 5) is 8.99. The van der Waals surface area contributed by atoms with Crippen molar-refractivity contribution in [3.05, 3.63) is 17.6 Å². The SMILES string of the molecule is CCOP(=S)(Oc1cc(C)nc(C(C)C)n1)OC(C)(C(C)(C)C)C(C)(C)C. The number of hydrogen-bond acceptors (Lipinski definition) is 6. The molecule has 1 rings (SSSR count). The van der Waals surface area contributed by atoms with Crippen LogP contribution < -0.4 is 4.52 Å². The topological polar surface area (TPSA) is 53.5 Å². The van der Waals surface area contributed by atoms with Crippen molar-refractivity contribution >= 4 is 18.5 Å². The third-order valence-electron chi connectivity index (χ3n) is 5.01. The Kier molecular flexibility index (Phi) is 7.66. The standard InChI is InChI=1S/C20H37N2O3PS/c1-12-23-26(27,25-20(11,18(5,6)7)19(8,9)10)24-16-13-15(4)21-17(22-16)14(2)3/h13-14H,12H2,1-11H3. The van der Waals surface area contributed by atoms with E-state index in [1.54, 1.807) is 6.07 Å². The van der Waals surface area contributed by atoms with Crippen molar-refractivity contribution in [1.82, 2.24) is 9.97 Å². The summed E-state index contributed by atoms with van der Waals surface area (Å²) in [5.41, 5.74) is -0.106. The smallest absolute Gasteiger partial charge is 0.382 e. The Labute approximate surface area is 170 Å². The van der Waals surface area contributed by atoms with E-state index in [1.807, 2.05) is 27.7 Å². The summed E-state index contributed by atoms with van der Waals surface area (Å²) in [6.07, 6.45) is 0. The van der Waals surface area contributed by atoms with Gasteiger partial charge in [0.2, 0.25) is 5.88 Å². The Balaban J connectivity index is 3.36. The Morgan fingerprint density at radius 2 is 1.56 bits per heavy atom. The minimum absolute atomic E-state index is 0.180. The fourth-order valence-electron chi connectivity index (χ4n) is 2.83. The maximum Gasteiger partial charge on any atom is 0.382 e. The molecule has 1 unspecified atom stereocenters. The molecule has 5 nitrogen and oxygen atoms in total. The monoisotopic (exact) mass is 416 g/mol. The third-order valence-corrected chi connectivity index (χ3v) is 7.35. The van der Waals surface area contributed by atoms with Gasteiger partial charge in [0, 0.05) is 29.5 Å². The third kappa shape index (κ3) is 5.96. The first-order valence-corrected chi connectivity index (χ1v) is 12.1. The molecule has 1 aromatic rings. The second kappa shape index (κ2) is 8.44. The van der Waals surface area contributed by atoms with Crippen molar-refractivity contribution in [2.24, 2.45) is 10.8 Å². The average Bonchev–Trinajstić information content (AvgIpc) is 2.43. The molecule has 0 spiro atoms. The van der Waals surface area contributed by atoms with Gasteiger partial charge >= 0.3 is 6.72 Å². The molecule has 1 atom stereocenters. The molecule has 0 aliphatic carbocycles. The highest BCUT2D eigenvalue weighted by molar-refractivity contribution is 8.07. The Bertz CT molecular complexity index is 679. The Hall–Kier alpha value is -0.550. The zero-order valence-electron chi connectivity index (χ0n) is 18.8. The number of nitrogens with zero attached hydrogens (tertiary/aromatic N) is 2. The molecule has 0 amide bonds. The summed E-state index contributed by atoms with van der Waals surface area (Å²) in [5, 5.41) is 0. The molecule has 0 saturated carbocycles. The van der Waals surface area contributed by atoms with Crippen molar-refractivity contribution in [3.63, 3.8) is 0 Å². The Morgan fingerprint density at radius 3 is 1.96 bits per heavy atom. The first-order chi connectivity index (χ1) is 12.0. The highest BCUT2D eigenvalue weighted by Gasteiger charge is 2.52. The van der Waals surface area contributed by atoms with E-state index in [2.05, 4.69) is 58.4 Å². The summed E-state index contributed by atoms with van der Waals surface area (Å²) >= 11 is 5.81. The highest BCUT2D eigenvalue weighted by atomic mass is 32.5. The number of aryl methyl sites for hydroxylation is 1. The second-order valence-electron chi connectivity index (χ2n) is 9.44. The summed E-state index contributed by atoms with van der Waals surface area (Å²) in [6, 6.07) is 1.78. The van der Waals surface area contributed by atoms with Crippen LogP contribution in [-0.4, -0.2) is 22.2 Å². The minimum Gasteiger partial charge on any atom is -0.406 e. The lowest BCUT2D eigenvalue weighted by Crippen LogP contribution is -2.52. The number of hydrogen-bond donors (Lipinski definition) is 0. The van der Waals surface area contributed by atoms with E-state index >= 15 is 0 Å². The quantitative estimate of drug-likeness (QED) is 0.478. The normalized spacial score (nSPS) is 15.7. The van der Waals surface area contributed by atoms with Crippen LogP contribution in [0.3, 0.4) is 0 Å². The van der Waals surface area contributed by atoms with Crippen LogP contribution in [0.1, 0.15) is 86.7 Å². The average molecular weight is 417 g/mol. The molecule has 156 valence electrons. The van der Waals surface area contributed by atoms with Crippen LogP contribution in [0, 0.1) is 17.8 Å². The van der Waals surface area contributed by atoms with E-state index in [1.165, 1.54) is 0 Å². The molecule has 0 N–H and O–H groups in total. The Morgan fingerprint density at radius 1 is 1.04 bits per heavy atom. The molecule has 0 aliphatic rings. The van der Waals surface area contributed by atoms with E-state index in [0.29, 0.717) is 12.5 Å². The number of aromatic nitrogens is 2. The lowest BCUT2D eigenvalue weighted by Gasteiger charge is -2.51. The van der Waals surface area contributed by atoms with Gasteiger partial charge in [0.15, 0.2) is 0 Å². The molecule has 1 aromatic heterocycles. The van der Waals surface area contributed by atoms with E-state index < -0.39 is 12.3 Å². The lowest BCUT2D eigenvalue weighted by molar-refractivity contribution is -0.107. The maximum atomic E-state index is 6.56. The molecule has 0 aliphatic heterocycles. The van der Waals surface area contributed by atoms with Crippen LogP contribution in [0.15, 0.2) is 6.07 Å². The molecule has 7 heteroatoms. The van der Waals surface area contributed by atoms with Gasteiger partial charge in [-0.1, -0.05) is 55.4 Å². The maximum absolute atomic E-state index is 6.56. The van der Waals surface area contributed by atoms with Crippen LogP contribution >= 0.6 is 6.72 Å². The zero-order valence-corrected chi connectivity index (χ0v) is 20.5. The highest BCUT2D eigenvalue weighted by Crippen LogP contribution is 2.60. The van der Waals surface area contributed by atoms with Crippen molar-refractivity contribution in [2.45, 2.75) is 87.7 Å². The van der Waals surface area contributed by atoms with E-state index in [9.17, 15) is 0 Å². The van der Waals surface area contributed by atoms with Crippen LogP contribution in [0.25, 0.3) is 0 Å². The fraction of sp³-hybridized carbons (Fsp3) is 0.800. The van der Waals surface area contributed by atoms with Crippen LogP contribution in [0.5, 0.6) is 5.88 Å². The first-order valence-electron chi connectivity index (χ1n) is 9.55. The van der Waals surface area contributed by atoms with Crippen LogP contribution in [-0.2, 0) is 20.9 Å². The van der Waals surface area contributed by atoms with Gasteiger partial charge in [0.05, 0.1) is 12.2 Å². The molecule has 0 fully saturated rings. The molecule has 1 heterocycles. The van der Waals surface area contributed by atoms with Crippen molar-refractivity contribution in [3.8, 4) is 5.88 Å². The van der Waals surface area contributed by atoms with Crippen LogP contribution in [0.4, 0.5) is 0 Å². The van der Waals surface area contributed by atoms with E-state index in [4.69, 9.17) is 25.4 Å². The zero-order chi connectivity index (χ0) is 21.3. The predicted molar refractivity (Wildman–Crippen MR) is 116 cm³/mol. The van der Waals surface area contributed by atoms with Crippen LogP contribution in [0.2, 0.25) is 0 Å². The summed E-state index contributed by atoms with van der Waals surface area (Å²) in [7, 11) is 0. The lowest BCUT2D eigenvalue weighted by atomic mass is 9.64. The molecular weight excluding hydrogens is 379 g/mol. The molecular formula is C20H37N2O3PS. The molecule has 0 saturated heterocycles. The van der Waals surface area contributed by atoms with Gasteiger partial charge in [-0.05, 0) is 31.6 Å². The summed E-state index contributed by atoms with van der Waals surface area (Å²) < 4.78 is 18.6. The van der Waals surface area contributed by atoms with Gasteiger partial charge in [-0.15, -0.1) is 0 Å². The van der Waals surface area contributed by atoms with Crippen molar-refractivity contribution in [2.75, 3.05) is 6.61 Å². The molecule has 0 aromatic carbocycles. The first kappa shape index (κ1) is 24.5. The van der Waals surface area contributed by atoms with Gasteiger partial charge in [-0.25, -0.2) is 4.98 Å². The molecule has 0 bridgehead atoms. The summed E-state index contributed by atoms with van der Waals surface area (Å²) in [6.45, 7) is 20.2. The fourth-order valence-corrected chi connectivity index (χ4v) is 5.60. The van der Waals surface area contributed by atoms with Gasteiger partial charge in [-0.2, -0.15) is 4.98 Å². The van der Waals surface area contributed by atoms with Gasteiger partial charge < -0.3 is 4.52 Å². The predicted octanol–water partition coefficient (Wildman–Crippen LogP) is 6.42. The molecule has 27 heavy (non-hydrogen) atoms. The van der Waals surface area contributed by atoms with Crippen molar-refractivity contribution in [1.29, 1.82) is 0 Å². The van der Waals surface area contributed by atoms with Crippen molar-refractivity contribution < 1.29 is 13.6 Å².